The molecule has 1 aromatic rings. The van der Waals surface area contributed by atoms with Crippen molar-refractivity contribution in [3.63, 3.8) is 0 Å². The molecule has 2 aliphatic rings. The topological polar surface area (TPSA) is 49.3 Å². The van der Waals surface area contributed by atoms with Crippen LogP contribution < -0.4 is 5.32 Å². The van der Waals surface area contributed by atoms with Gasteiger partial charge in [-0.3, -0.25) is 4.79 Å². The molecule has 0 amide bonds. The van der Waals surface area contributed by atoms with E-state index in [2.05, 4.69) is 17.4 Å². The normalized spacial score (nSPS) is 35.8. The summed E-state index contributed by atoms with van der Waals surface area (Å²) in [7, 11) is 0. The second-order valence-electron chi connectivity index (χ2n) is 5.16. The maximum atomic E-state index is 11.4. The van der Waals surface area contributed by atoms with Gasteiger partial charge in [0.1, 0.15) is 0 Å². The number of hydrogen-bond acceptors (Lipinski definition) is 2. The summed E-state index contributed by atoms with van der Waals surface area (Å²) in [5.74, 6) is -0.735. The summed E-state index contributed by atoms with van der Waals surface area (Å²) in [6.07, 6.45) is 3.00. The number of carbonyl (C=O) groups is 1. The molecule has 0 aromatic heterocycles. The second-order valence-corrected chi connectivity index (χ2v) is 5.16. The summed E-state index contributed by atoms with van der Waals surface area (Å²) < 4.78 is 0. The molecule has 1 aromatic carbocycles. The van der Waals surface area contributed by atoms with Crippen LogP contribution in [-0.2, 0) is 4.79 Å². The molecule has 0 aliphatic carbocycles. The second kappa shape index (κ2) is 4.15. The highest BCUT2D eigenvalue weighted by Gasteiger charge is 2.45. The lowest BCUT2D eigenvalue weighted by molar-refractivity contribution is -0.143. The molecule has 90 valence electrons. The lowest BCUT2D eigenvalue weighted by Crippen LogP contribution is -2.46. The number of fused-ring (bicyclic) bond motifs is 2. The molecule has 17 heavy (non-hydrogen) atoms. The van der Waals surface area contributed by atoms with Gasteiger partial charge in [0.2, 0.25) is 0 Å². The Morgan fingerprint density at radius 3 is 2.71 bits per heavy atom. The minimum Gasteiger partial charge on any atom is -0.481 e. The number of piperidine rings is 1. The Kier molecular flexibility index (Phi) is 2.63. The van der Waals surface area contributed by atoms with Crippen LogP contribution in [0.25, 0.3) is 0 Å². The van der Waals surface area contributed by atoms with E-state index in [0.717, 1.165) is 24.8 Å². The first-order valence-electron chi connectivity index (χ1n) is 6.29. The van der Waals surface area contributed by atoms with Gasteiger partial charge in [-0.1, -0.05) is 30.3 Å². The van der Waals surface area contributed by atoms with Crippen LogP contribution in [0.5, 0.6) is 0 Å². The molecule has 3 heteroatoms. The third-order valence-electron chi connectivity index (χ3n) is 4.18. The van der Waals surface area contributed by atoms with Crippen molar-refractivity contribution < 1.29 is 9.90 Å². The fourth-order valence-electron chi connectivity index (χ4n) is 3.45. The Labute approximate surface area is 101 Å². The van der Waals surface area contributed by atoms with Gasteiger partial charge in [0.25, 0.3) is 0 Å². The predicted octanol–water partition coefficient (Wildman–Crippen LogP) is 2.00. The fraction of sp³-hybridized carbons (Fsp3) is 0.500. The van der Waals surface area contributed by atoms with Crippen molar-refractivity contribution in [1.82, 2.24) is 5.32 Å². The van der Waals surface area contributed by atoms with Crippen molar-refractivity contribution in [3.05, 3.63) is 35.9 Å². The predicted molar refractivity (Wildman–Crippen MR) is 64.9 cm³/mol. The summed E-state index contributed by atoms with van der Waals surface area (Å²) in [6.45, 7) is 0. The smallest absolute Gasteiger partial charge is 0.307 e. The molecule has 3 rings (SSSR count). The lowest BCUT2D eigenvalue weighted by atomic mass is 9.77. The highest BCUT2D eigenvalue weighted by atomic mass is 16.4. The van der Waals surface area contributed by atoms with Gasteiger partial charge in [0, 0.05) is 18.0 Å². The van der Waals surface area contributed by atoms with Crippen LogP contribution in [0.3, 0.4) is 0 Å². The van der Waals surface area contributed by atoms with Gasteiger partial charge in [0.15, 0.2) is 0 Å². The van der Waals surface area contributed by atoms with Crippen molar-refractivity contribution in [2.45, 2.75) is 37.3 Å². The summed E-state index contributed by atoms with van der Waals surface area (Å²) in [5.41, 5.74) is 1.16. The molecule has 2 aliphatic heterocycles. The van der Waals surface area contributed by atoms with E-state index in [0.29, 0.717) is 12.1 Å². The lowest BCUT2D eigenvalue weighted by Gasteiger charge is -2.35. The van der Waals surface area contributed by atoms with Crippen molar-refractivity contribution >= 4 is 5.97 Å². The third kappa shape index (κ3) is 1.84. The van der Waals surface area contributed by atoms with Crippen molar-refractivity contribution in [2.24, 2.45) is 5.92 Å². The SMILES string of the molecule is O=C(O)[C@@H]1C[C@@H]2CC[C@@H](N2)[C@H]1c1ccccc1. The molecule has 2 fully saturated rings. The van der Waals surface area contributed by atoms with Crippen LogP contribution >= 0.6 is 0 Å². The molecule has 0 unspecified atom stereocenters. The number of carboxylic acids is 1. The number of rotatable bonds is 2. The highest BCUT2D eigenvalue weighted by Crippen LogP contribution is 2.41. The minimum absolute atomic E-state index is 0.132. The van der Waals surface area contributed by atoms with Crippen LogP contribution in [-0.4, -0.2) is 23.2 Å². The van der Waals surface area contributed by atoms with E-state index in [4.69, 9.17) is 0 Å². The Balaban J connectivity index is 1.96. The largest absolute Gasteiger partial charge is 0.481 e. The van der Waals surface area contributed by atoms with Crippen LogP contribution in [0.2, 0.25) is 0 Å². The molecular weight excluding hydrogens is 214 g/mol. The third-order valence-corrected chi connectivity index (χ3v) is 4.18. The molecular formula is C14H17NO2. The van der Waals surface area contributed by atoms with Gasteiger partial charge in [0.05, 0.1) is 5.92 Å². The van der Waals surface area contributed by atoms with Gasteiger partial charge in [-0.15, -0.1) is 0 Å². The Morgan fingerprint density at radius 1 is 1.24 bits per heavy atom. The van der Waals surface area contributed by atoms with E-state index in [1.165, 1.54) is 0 Å². The quantitative estimate of drug-likeness (QED) is 0.818. The zero-order chi connectivity index (χ0) is 11.8. The van der Waals surface area contributed by atoms with Crippen LogP contribution in [0.1, 0.15) is 30.7 Å². The standard InChI is InChI=1S/C14H17NO2/c16-14(17)11-8-10-6-7-12(15-10)13(11)9-4-2-1-3-5-9/h1-5,10-13,15H,6-8H2,(H,16,17)/t10-,11+,12+,13-/m0/s1. The summed E-state index contributed by atoms with van der Waals surface area (Å²) in [5, 5.41) is 13.0. The Hall–Kier alpha value is -1.35. The van der Waals surface area contributed by atoms with Crippen molar-refractivity contribution in [3.8, 4) is 0 Å². The molecule has 3 nitrogen and oxygen atoms in total. The van der Waals surface area contributed by atoms with Crippen molar-refractivity contribution in [2.75, 3.05) is 0 Å². The van der Waals surface area contributed by atoms with Crippen LogP contribution in [0, 0.1) is 5.92 Å². The summed E-state index contributed by atoms with van der Waals surface area (Å²) in [6, 6.07) is 10.8. The Bertz CT molecular complexity index is 417. The molecule has 2 N–H and O–H groups in total. The molecule has 2 saturated heterocycles. The molecule has 2 bridgehead atoms. The first-order chi connectivity index (χ1) is 8.25. The van der Waals surface area contributed by atoms with Crippen molar-refractivity contribution in [1.29, 1.82) is 0 Å². The van der Waals surface area contributed by atoms with Crippen LogP contribution in [0.15, 0.2) is 30.3 Å². The molecule has 4 atom stereocenters. The maximum absolute atomic E-state index is 11.4. The number of nitrogens with one attached hydrogen (secondary N) is 1. The van der Waals surface area contributed by atoms with Gasteiger partial charge in [-0.2, -0.15) is 0 Å². The fourth-order valence-corrected chi connectivity index (χ4v) is 3.45. The van der Waals surface area contributed by atoms with Gasteiger partial charge in [-0.05, 0) is 24.8 Å². The maximum Gasteiger partial charge on any atom is 0.307 e. The summed E-state index contributed by atoms with van der Waals surface area (Å²) >= 11 is 0. The molecule has 0 saturated carbocycles. The zero-order valence-corrected chi connectivity index (χ0v) is 9.67. The van der Waals surface area contributed by atoms with E-state index in [1.807, 2.05) is 18.2 Å². The molecule has 0 radical (unpaired) electrons. The van der Waals surface area contributed by atoms with E-state index >= 15 is 0 Å². The molecule has 0 spiro atoms. The Morgan fingerprint density at radius 2 is 2.00 bits per heavy atom. The van der Waals surface area contributed by atoms with E-state index < -0.39 is 5.97 Å². The number of aliphatic carboxylic acids is 1. The van der Waals surface area contributed by atoms with Gasteiger partial charge < -0.3 is 10.4 Å². The number of hydrogen-bond donors (Lipinski definition) is 2. The summed E-state index contributed by atoms with van der Waals surface area (Å²) in [4.78, 5) is 11.4. The average molecular weight is 231 g/mol. The monoisotopic (exact) mass is 231 g/mol. The highest BCUT2D eigenvalue weighted by molar-refractivity contribution is 5.72. The zero-order valence-electron chi connectivity index (χ0n) is 9.67. The van der Waals surface area contributed by atoms with Crippen LogP contribution in [0.4, 0.5) is 0 Å². The number of carboxylic acid groups (broad SMARTS) is 1. The van der Waals surface area contributed by atoms with E-state index in [-0.39, 0.29) is 11.8 Å². The number of benzene rings is 1. The first kappa shape index (κ1) is 10.8. The van der Waals surface area contributed by atoms with E-state index in [1.54, 1.807) is 0 Å². The van der Waals surface area contributed by atoms with E-state index in [9.17, 15) is 9.90 Å². The minimum atomic E-state index is -0.641. The average Bonchev–Trinajstić information content (AvgIpc) is 2.72. The first-order valence-corrected chi connectivity index (χ1v) is 6.29. The molecule has 2 heterocycles. The van der Waals surface area contributed by atoms with Gasteiger partial charge >= 0.3 is 5.97 Å². The van der Waals surface area contributed by atoms with Gasteiger partial charge in [-0.25, -0.2) is 0 Å².